The number of aryl methyl sites for hydroxylation is 1. The maximum Gasteiger partial charge on any atom is 0.219 e. The number of aliphatic hydroxyl groups excluding tert-OH is 1. The molecule has 1 amide bonds. The predicted molar refractivity (Wildman–Crippen MR) is 170 cm³/mol. The molecular weight excluding hydrogens is 548 g/mol. The van der Waals surface area contributed by atoms with Gasteiger partial charge in [0.2, 0.25) is 5.91 Å². The Hall–Kier alpha value is -2.28. The zero-order valence-electron chi connectivity index (χ0n) is 25.9. The monoisotopic (exact) mass is 596 g/mol. The normalized spacial score (nSPS) is 26.4. The lowest BCUT2D eigenvalue weighted by molar-refractivity contribution is -0.128. The molecule has 6 atom stereocenters. The van der Waals surface area contributed by atoms with E-state index in [1.807, 2.05) is 37.1 Å². The number of fused-ring (bicyclic) bond motifs is 1. The first-order valence-corrected chi connectivity index (χ1v) is 16.4. The van der Waals surface area contributed by atoms with Gasteiger partial charge in [0, 0.05) is 51.2 Å². The molecule has 2 aromatic rings. The average molecular weight is 597 g/mol. The second kappa shape index (κ2) is 14.0. The molecule has 0 aromatic heterocycles. The van der Waals surface area contributed by atoms with Crippen LogP contribution in [0.15, 0.2) is 36.4 Å². The number of anilines is 1. The van der Waals surface area contributed by atoms with Gasteiger partial charge in [-0.15, -0.1) is 0 Å². The molecule has 230 valence electrons. The molecule has 1 saturated carbocycles. The van der Waals surface area contributed by atoms with Crippen molar-refractivity contribution >= 4 is 23.2 Å². The summed E-state index contributed by atoms with van der Waals surface area (Å²) in [5.74, 6) is 2.97. The van der Waals surface area contributed by atoms with Gasteiger partial charge < -0.3 is 24.4 Å². The molecule has 1 aliphatic carbocycles. The smallest absolute Gasteiger partial charge is 0.219 e. The number of carbonyl (C=O) groups is 1. The van der Waals surface area contributed by atoms with Gasteiger partial charge in [-0.3, -0.25) is 4.79 Å². The van der Waals surface area contributed by atoms with Crippen LogP contribution in [0.2, 0.25) is 5.02 Å². The molecule has 2 aromatic carbocycles. The highest BCUT2D eigenvalue weighted by molar-refractivity contribution is 6.30. The van der Waals surface area contributed by atoms with Crippen LogP contribution in [0.3, 0.4) is 0 Å². The summed E-state index contributed by atoms with van der Waals surface area (Å²) in [7, 11) is 1.90. The first-order chi connectivity index (χ1) is 20.2. The molecule has 2 aliphatic heterocycles. The first-order valence-electron chi connectivity index (χ1n) is 16.0. The lowest BCUT2D eigenvalue weighted by Gasteiger charge is -2.47. The van der Waals surface area contributed by atoms with Crippen LogP contribution < -0.4 is 9.64 Å². The van der Waals surface area contributed by atoms with Crippen LogP contribution in [0.4, 0.5) is 5.69 Å². The highest BCUT2D eigenvalue weighted by atomic mass is 35.5. The number of nitrogens with zero attached hydrogens (tertiary/aromatic N) is 2. The van der Waals surface area contributed by atoms with Gasteiger partial charge in [-0.2, -0.15) is 0 Å². The first kappa shape index (κ1) is 31.2. The van der Waals surface area contributed by atoms with Crippen molar-refractivity contribution in [2.75, 3.05) is 44.8 Å². The van der Waals surface area contributed by atoms with Crippen LogP contribution in [-0.2, 0) is 16.0 Å². The molecule has 7 heteroatoms. The SMILES string of the molecule is CCCc1cc(Cl)ccc1C1COc2ccc(C(C)O)cc2N(CC2CCC2C2CC(CCN(C)C(C)=O)CCO2)C1. The van der Waals surface area contributed by atoms with Crippen LogP contribution in [0.1, 0.15) is 88.0 Å². The number of carbonyl (C=O) groups excluding carboxylic acids is 1. The van der Waals surface area contributed by atoms with E-state index in [-0.39, 0.29) is 11.8 Å². The minimum absolute atomic E-state index is 0.136. The van der Waals surface area contributed by atoms with E-state index in [9.17, 15) is 9.90 Å². The van der Waals surface area contributed by atoms with Gasteiger partial charge in [0.05, 0.1) is 24.5 Å². The molecule has 42 heavy (non-hydrogen) atoms. The Labute approximate surface area is 257 Å². The van der Waals surface area contributed by atoms with Crippen molar-refractivity contribution in [1.82, 2.24) is 4.90 Å². The maximum atomic E-state index is 11.7. The van der Waals surface area contributed by atoms with E-state index in [1.165, 1.54) is 24.0 Å². The molecule has 0 spiro atoms. The van der Waals surface area contributed by atoms with Crippen molar-refractivity contribution in [3.63, 3.8) is 0 Å². The fraction of sp³-hybridized carbons (Fsp3) is 0.629. The zero-order chi connectivity index (χ0) is 29.8. The lowest BCUT2D eigenvalue weighted by Crippen LogP contribution is -2.47. The number of benzene rings is 2. The molecule has 6 unspecified atom stereocenters. The summed E-state index contributed by atoms with van der Waals surface area (Å²) < 4.78 is 12.9. The third-order valence-corrected chi connectivity index (χ3v) is 10.2. The molecule has 1 saturated heterocycles. The van der Waals surface area contributed by atoms with E-state index >= 15 is 0 Å². The Kier molecular flexibility index (Phi) is 10.4. The highest BCUT2D eigenvalue weighted by Crippen LogP contribution is 2.45. The number of ether oxygens (including phenoxy) is 2. The Morgan fingerprint density at radius 3 is 2.74 bits per heavy atom. The quantitative estimate of drug-likeness (QED) is 0.319. The largest absolute Gasteiger partial charge is 0.491 e. The molecule has 0 radical (unpaired) electrons. The van der Waals surface area contributed by atoms with Crippen molar-refractivity contribution in [3.05, 3.63) is 58.1 Å². The van der Waals surface area contributed by atoms with Gasteiger partial charge in [-0.1, -0.05) is 37.1 Å². The number of halogens is 1. The maximum absolute atomic E-state index is 11.7. The minimum atomic E-state index is -0.533. The average Bonchev–Trinajstić information content (AvgIpc) is 3.13. The Bertz CT molecular complexity index is 1220. The van der Waals surface area contributed by atoms with Gasteiger partial charge in [0.1, 0.15) is 5.75 Å². The molecule has 1 N–H and O–H groups in total. The summed E-state index contributed by atoms with van der Waals surface area (Å²) in [6.45, 7) is 9.76. The number of rotatable bonds is 10. The standard InChI is InChI=1S/C35H49ClN2O4/c1-5-6-27-18-30(36)9-11-31(27)29-21-38(33-19-26(23(2)39)8-12-34(33)42-22-29)20-28-7-10-32(28)35-17-25(14-16-41-35)13-15-37(4)24(3)40/h8-9,11-12,18-19,23,25,28-29,32,35,39H,5-7,10,13-17,20-22H2,1-4H3. The zero-order valence-corrected chi connectivity index (χ0v) is 26.6. The predicted octanol–water partition coefficient (Wildman–Crippen LogP) is 7.02. The van der Waals surface area contributed by atoms with Gasteiger partial charge in [-0.05, 0) is 104 Å². The van der Waals surface area contributed by atoms with Gasteiger partial charge in [0.25, 0.3) is 0 Å². The number of aliphatic hydroxyl groups is 1. The Balaban J connectivity index is 1.34. The van der Waals surface area contributed by atoms with Crippen molar-refractivity contribution in [2.45, 2.75) is 83.8 Å². The summed E-state index contributed by atoms with van der Waals surface area (Å²) in [4.78, 5) is 16.1. The van der Waals surface area contributed by atoms with E-state index in [1.54, 1.807) is 6.92 Å². The van der Waals surface area contributed by atoms with Crippen LogP contribution in [0.25, 0.3) is 0 Å². The molecular formula is C35H49ClN2O4. The summed E-state index contributed by atoms with van der Waals surface area (Å²) in [5.41, 5.74) is 4.64. The van der Waals surface area contributed by atoms with E-state index in [0.29, 0.717) is 30.5 Å². The third-order valence-electron chi connectivity index (χ3n) is 9.99. The summed E-state index contributed by atoms with van der Waals surface area (Å²) in [5, 5.41) is 11.2. The second-order valence-electron chi connectivity index (χ2n) is 12.9. The molecule has 2 heterocycles. The Morgan fingerprint density at radius 1 is 1.19 bits per heavy atom. The van der Waals surface area contributed by atoms with Crippen molar-refractivity contribution in [1.29, 1.82) is 0 Å². The van der Waals surface area contributed by atoms with Crippen LogP contribution in [0, 0.1) is 17.8 Å². The molecule has 5 rings (SSSR count). The lowest BCUT2D eigenvalue weighted by atomic mass is 9.67. The van der Waals surface area contributed by atoms with Gasteiger partial charge in [0.15, 0.2) is 0 Å². The minimum Gasteiger partial charge on any atom is -0.491 e. The van der Waals surface area contributed by atoms with Crippen LogP contribution in [0.5, 0.6) is 5.75 Å². The van der Waals surface area contributed by atoms with Crippen LogP contribution in [-0.4, -0.2) is 61.9 Å². The molecule has 3 aliphatic rings. The fourth-order valence-corrected chi connectivity index (χ4v) is 7.37. The number of hydrogen-bond donors (Lipinski definition) is 1. The van der Waals surface area contributed by atoms with E-state index in [2.05, 4.69) is 30.0 Å². The molecule has 6 nitrogen and oxygen atoms in total. The second-order valence-corrected chi connectivity index (χ2v) is 13.4. The van der Waals surface area contributed by atoms with Crippen LogP contribution >= 0.6 is 11.6 Å². The van der Waals surface area contributed by atoms with E-state index in [4.69, 9.17) is 21.1 Å². The summed E-state index contributed by atoms with van der Waals surface area (Å²) in [6, 6.07) is 12.5. The topological polar surface area (TPSA) is 62.2 Å². The van der Waals surface area contributed by atoms with Crippen molar-refractivity contribution in [3.8, 4) is 5.75 Å². The molecule has 2 fully saturated rings. The summed E-state index contributed by atoms with van der Waals surface area (Å²) in [6.07, 6.45) is 7.47. The van der Waals surface area contributed by atoms with Gasteiger partial charge in [-0.25, -0.2) is 0 Å². The fourth-order valence-electron chi connectivity index (χ4n) is 7.18. The van der Waals surface area contributed by atoms with E-state index < -0.39 is 6.10 Å². The highest BCUT2D eigenvalue weighted by Gasteiger charge is 2.41. The number of hydrogen-bond acceptors (Lipinski definition) is 5. The van der Waals surface area contributed by atoms with Crippen molar-refractivity contribution < 1.29 is 19.4 Å². The summed E-state index contributed by atoms with van der Waals surface area (Å²) >= 11 is 6.42. The molecule has 0 bridgehead atoms. The van der Waals surface area contributed by atoms with Crippen molar-refractivity contribution in [2.24, 2.45) is 17.8 Å². The number of amides is 1. The van der Waals surface area contributed by atoms with E-state index in [0.717, 1.165) is 80.4 Å². The van der Waals surface area contributed by atoms with Gasteiger partial charge >= 0.3 is 0 Å². The third kappa shape index (κ3) is 7.26. The Morgan fingerprint density at radius 2 is 2.02 bits per heavy atom.